The second-order valence-electron chi connectivity index (χ2n) is 10.0. The van der Waals surface area contributed by atoms with Gasteiger partial charge in [0, 0.05) is 30.4 Å². The third-order valence-electron chi connectivity index (χ3n) is 6.92. The maximum atomic E-state index is 9.43. The number of nitrogens with one attached hydrogen (secondary N) is 1. The van der Waals surface area contributed by atoms with Crippen molar-refractivity contribution in [2.75, 3.05) is 19.8 Å². The zero-order chi connectivity index (χ0) is 28.8. The normalized spacial score (nSPS) is 13.1. The molecule has 5 rings (SSSR count). The number of hydrogen-bond donors (Lipinski definition) is 2. The van der Waals surface area contributed by atoms with Crippen LogP contribution < -0.4 is 24.3 Å². The Morgan fingerprint density at radius 1 is 0.927 bits per heavy atom. The summed E-state index contributed by atoms with van der Waals surface area (Å²) in [6.45, 7) is 8.04. The molecule has 3 aromatic carbocycles. The van der Waals surface area contributed by atoms with Crippen molar-refractivity contribution in [3.63, 3.8) is 0 Å². The predicted molar refractivity (Wildman–Crippen MR) is 158 cm³/mol. The molecule has 9 heteroatoms. The number of aliphatic hydroxyl groups is 1. The van der Waals surface area contributed by atoms with Crippen LogP contribution >= 0.6 is 11.6 Å². The molecule has 0 aliphatic carbocycles. The van der Waals surface area contributed by atoms with Crippen molar-refractivity contribution >= 4 is 11.6 Å². The summed E-state index contributed by atoms with van der Waals surface area (Å²) >= 11 is 6.68. The Morgan fingerprint density at radius 2 is 1.73 bits per heavy atom. The lowest BCUT2D eigenvalue weighted by Crippen LogP contribution is -2.28. The SMILES string of the molecule is Cc1cnc(COc2cc(OCc3cccc(-c4ccc5c(c4)OCCO5)c3C)c(Cl)cc2CNC(C)CO)cn1. The van der Waals surface area contributed by atoms with Gasteiger partial charge in [-0.05, 0) is 61.2 Å². The van der Waals surface area contributed by atoms with E-state index in [9.17, 15) is 5.11 Å². The molecule has 1 aliphatic heterocycles. The summed E-state index contributed by atoms with van der Waals surface area (Å²) in [6, 6.07) is 15.7. The standard InChI is InChI=1S/C32H34ClN3O5/c1-20-14-36-26(16-35-20)19-41-30-13-31(28(33)11-25(30)15-34-21(2)17-37)40-18-24-5-4-6-27(22(24)3)23-7-8-29-32(12-23)39-10-9-38-29/h4-8,11-14,16,21,34,37H,9-10,15,17-19H2,1-3H3. The zero-order valence-corrected chi connectivity index (χ0v) is 24.2. The summed E-state index contributed by atoms with van der Waals surface area (Å²) in [4.78, 5) is 8.68. The van der Waals surface area contributed by atoms with E-state index in [0.29, 0.717) is 48.6 Å². The van der Waals surface area contributed by atoms with E-state index >= 15 is 0 Å². The Labute approximate surface area is 245 Å². The number of fused-ring (bicyclic) bond motifs is 1. The Hall–Kier alpha value is -3.85. The van der Waals surface area contributed by atoms with E-state index in [0.717, 1.165) is 45.0 Å². The lowest BCUT2D eigenvalue weighted by atomic mass is 9.96. The number of ether oxygens (including phenoxy) is 4. The number of aryl methyl sites for hydroxylation is 1. The summed E-state index contributed by atoms with van der Waals surface area (Å²) in [5.41, 5.74) is 6.68. The van der Waals surface area contributed by atoms with Crippen molar-refractivity contribution in [2.24, 2.45) is 0 Å². The first kappa shape index (κ1) is 28.7. The fraction of sp³-hybridized carbons (Fsp3) is 0.312. The molecular formula is C32H34ClN3O5. The molecule has 0 saturated carbocycles. The third kappa shape index (κ3) is 7.08. The van der Waals surface area contributed by atoms with Gasteiger partial charge in [-0.25, -0.2) is 0 Å². The highest BCUT2D eigenvalue weighted by Gasteiger charge is 2.16. The molecule has 0 saturated heterocycles. The number of rotatable bonds is 11. The van der Waals surface area contributed by atoms with Crippen LogP contribution in [0.3, 0.4) is 0 Å². The number of halogens is 1. The molecule has 8 nitrogen and oxygen atoms in total. The van der Waals surface area contributed by atoms with Crippen molar-refractivity contribution in [1.29, 1.82) is 0 Å². The van der Waals surface area contributed by atoms with Gasteiger partial charge in [0.05, 0.1) is 29.2 Å². The van der Waals surface area contributed by atoms with E-state index < -0.39 is 0 Å². The average Bonchev–Trinajstić information content (AvgIpc) is 2.99. The number of aliphatic hydroxyl groups excluding tert-OH is 1. The Balaban J connectivity index is 1.35. The molecule has 0 fully saturated rings. The summed E-state index contributed by atoms with van der Waals surface area (Å²) < 4.78 is 23.9. The number of hydrogen-bond acceptors (Lipinski definition) is 8. The van der Waals surface area contributed by atoms with E-state index in [1.54, 1.807) is 12.4 Å². The van der Waals surface area contributed by atoms with Crippen LogP contribution in [-0.2, 0) is 19.8 Å². The summed E-state index contributed by atoms with van der Waals surface area (Å²) in [7, 11) is 0. The van der Waals surface area contributed by atoms with Gasteiger partial charge in [-0.2, -0.15) is 0 Å². The van der Waals surface area contributed by atoms with Gasteiger partial charge in [0.25, 0.3) is 0 Å². The van der Waals surface area contributed by atoms with E-state index in [-0.39, 0.29) is 19.3 Å². The molecule has 0 amide bonds. The first-order valence-corrected chi connectivity index (χ1v) is 14.0. The van der Waals surface area contributed by atoms with Gasteiger partial charge in [0.15, 0.2) is 11.5 Å². The second-order valence-corrected chi connectivity index (χ2v) is 10.4. The molecule has 1 atom stereocenters. The Kier molecular flexibility index (Phi) is 9.24. The van der Waals surface area contributed by atoms with E-state index in [4.69, 9.17) is 30.5 Å². The molecule has 1 aliphatic rings. The average molecular weight is 576 g/mol. The highest BCUT2D eigenvalue weighted by atomic mass is 35.5. The van der Waals surface area contributed by atoms with Crippen molar-refractivity contribution in [2.45, 2.75) is 46.6 Å². The minimum atomic E-state index is -0.0787. The van der Waals surface area contributed by atoms with Crippen LogP contribution in [0, 0.1) is 13.8 Å². The van der Waals surface area contributed by atoms with Gasteiger partial charge in [0.2, 0.25) is 0 Å². The fourth-order valence-corrected chi connectivity index (χ4v) is 4.71. The molecule has 1 aromatic heterocycles. The molecule has 0 radical (unpaired) electrons. The lowest BCUT2D eigenvalue weighted by molar-refractivity contribution is 0.171. The van der Waals surface area contributed by atoms with Crippen molar-refractivity contribution < 1.29 is 24.1 Å². The molecule has 214 valence electrons. The summed E-state index contributed by atoms with van der Waals surface area (Å²) in [5, 5.41) is 13.2. The minimum absolute atomic E-state index is 0.0226. The summed E-state index contributed by atoms with van der Waals surface area (Å²) in [5.74, 6) is 2.66. The molecular weight excluding hydrogens is 542 g/mol. The maximum Gasteiger partial charge on any atom is 0.161 e. The highest BCUT2D eigenvalue weighted by Crippen LogP contribution is 2.37. The topological polar surface area (TPSA) is 95.0 Å². The predicted octanol–water partition coefficient (Wildman–Crippen LogP) is 5.81. The van der Waals surface area contributed by atoms with Gasteiger partial charge in [-0.3, -0.25) is 9.97 Å². The van der Waals surface area contributed by atoms with Gasteiger partial charge in [0.1, 0.15) is 37.9 Å². The minimum Gasteiger partial charge on any atom is -0.487 e. The Morgan fingerprint density at radius 3 is 2.51 bits per heavy atom. The van der Waals surface area contributed by atoms with Crippen molar-refractivity contribution in [3.8, 4) is 34.1 Å². The maximum absolute atomic E-state index is 9.43. The van der Waals surface area contributed by atoms with Crippen molar-refractivity contribution in [1.82, 2.24) is 15.3 Å². The first-order chi connectivity index (χ1) is 19.9. The van der Waals surface area contributed by atoms with E-state index in [2.05, 4.69) is 28.3 Å². The van der Waals surface area contributed by atoms with Crippen molar-refractivity contribution in [3.05, 3.63) is 94.0 Å². The smallest absolute Gasteiger partial charge is 0.161 e. The molecule has 1 unspecified atom stereocenters. The number of aromatic nitrogens is 2. The fourth-order valence-electron chi connectivity index (χ4n) is 4.47. The van der Waals surface area contributed by atoms with Crippen LogP contribution in [0.4, 0.5) is 0 Å². The van der Waals surface area contributed by atoms with Crippen LogP contribution in [0.2, 0.25) is 5.02 Å². The lowest BCUT2D eigenvalue weighted by Gasteiger charge is -2.20. The van der Waals surface area contributed by atoms with Crippen LogP contribution in [0.25, 0.3) is 11.1 Å². The molecule has 0 bridgehead atoms. The highest BCUT2D eigenvalue weighted by molar-refractivity contribution is 6.32. The number of nitrogens with zero attached hydrogens (tertiary/aromatic N) is 2. The largest absolute Gasteiger partial charge is 0.487 e. The molecule has 0 spiro atoms. The quantitative estimate of drug-likeness (QED) is 0.231. The van der Waals surface area contributed by atoms with Crippen LogP contribution in [-0.4, -0.2) is 40.9 Å². The van der Waals surface area contributed by atoms with E-state index in [1.165, 1.54) is 0 Å². The van der Waals surface area contributed by atoms with Crippen LogP contribution in [0.5, 0.6) is 23.0 Å². The van der Waals surface area contributed by atoms with Gasteiger partial charge in [-0.15, -0.1) is 0 Å². The molecule has 2 heterocycles. The second kappa shape index (κ2) is 13.2. The molecule has 41 heavy (non-hydrogen) atoms. The number of benzene rings is 3. The van der Waals surface area contributed by atoms with Crippen LogP contribution in [0.15, 0.2) is 60.9 Å². The third-order valence-corrected chi connectivity index (χ3v) is 7.22. The van der Waals surface area contributed by atoms with Gasteiger partial charge in [-0.1, -0.05) is 35.9 Å². The first-order valence-electron chi connectivity index (χ1n) is 13.6. The van der Waals surface area contributed by atoms with E-state index in [1.807, 2.05) is 56.3 Å². The van der Waals surface area contributed by atoms with Gasteiger partial charge >= 0.3 is 0 Å². The molecule has 4 aromatic rings. The zero-order valence-electron chi connectivity index (χ0n) is 23.4. The Bertz CT molecular complexity index is 1500. The van der Waals surface area contributed by atoms with Crippen LogP contribution in [0.1, 0.15) is 35.0 Å². The monoisotopic (exact) mass is 575 g/mol. The molecule has 2 N–H and O–H groups in total. The van der Waals surface area contributed by atoms with Gasteiger partial charge < -0.3 is 29.4 Å². The summed E-state index contributed by atoms with van der Waals surface area (Å²) in [6.07, 6.45) is 3.41.